The summed E-state index contributed by atoms with van der Waals surface area (Å²) in [5.41, 5.74) is 10.5. The first-order chi connectivity index (χ1) is 30.1. The van der Waals surface area contributed by atoms with E-state index in [1.165, 1.54) is 54.6 Å². The van der Waals surface area contributed by atoms with Crippen molar-refractivity contribution in [1.82, 2.24) is 19.8 Å². The number of hydrogen-bond donors (Lipinski definition) is 4. The number of piperazine rings is 2. The average molecular weight is 1000 g/mol. The number of carboxylic acid groups (broad SMARTS) is 1. The average Bonchev–Trinajstić information content (AvgIpc) is 3.65. The normalized spacial score (nSPS) is 14.9. The van der Waals surface area contributed by atoms with Crippen LogP contribution in [0.5, 0.6) is 0 Å². The van der Waals surface area contributed by atoms with Crippen LogP contribution >= 0.6 is 38.9 Å². The summed E-state index contributed by atoms with van der Waals surface area (Å²) in [5, 5.41) is 26.7. The van der Waals surface area contributed by atoms with Gasteiger partial charge in [0.2, 0.25) is 0 Å². The van der Waals surface area contributed by atoms with E-state index in [-0.39, 0.29) is 45.4 Å². The molecule has 2 aliphatic rings. The minimum Gasteiger partial charge on any atom is -0.478 e. The number of rotatable bonds is 6. The van der Waals surface area contributed by atoms with Crippen LogP contribution < -0.4 is 21.3 Å². The predicted molar refractivity (Wildman–Crippen MR) is 238 cm³/mol. The maximum Gasteiger partial charge on any atom is 0.418 e. The number of halogens is 9. The van der Waals surface area contributed by atoms with Crippen LogP contribution in [0.4, 0.5) is 60.5 Å². The van der Waals surface area contributed by atoms with Gasteiger partial charge in [-0.15, -0.1) is 0 Å². The Labute approximate surface area is 380 Å². The SMILES string of the molecule is CN1CCN(c2ccc(-c3nc4ccc([N+](=O)[O-])cc4[nH]3)cc2C(F)(F)F)CC1.CN1CCN(c2ccc(C(=O)O)cc2C(F)(F)F)CC1.Nc1ccc([N+](=O)[O-])cc1N.O=P(Cl)(Cl)Cl. The lowest BCUT2D eigenvalue weighted by molar-refractivity contribution is -0.384. The number of likely N-dealkylation sites (N-methyl/N-ethyl adjacent to an activating group) is 2. The van der Waals surface area contributed by atoms with Crippen molar-refractivity contribution in [3.8, 4) is 11.4 Å². The molecule has 0 atom stereocenters. The molecule has 0 amide bonds. The summed E-state index contributed by atoms with van der Waals surface area (Å²) in [5.74, 6) is -1.13. The second-order valence-electron chi connectivity index (χ2n) is 14.4. The number of nitrogens with two attached hydrogens (primary N) is 2. The third kappa shape index (κ3) is 15.3. The number of nitrogens with one attached hydrogen (secondary N) is 1. The number of nitrogens with zero attached hydrogens (tertiary/aromatic N) is 7. The first-order valence-electron chi connectivity index (χ1n) is 18.8. The third-order valence-corrected chi connectivity index (χ3v) is 9.77. The van der Waals surface area contributed by atoms with Gasteiger partial charge in [-0.3, -0.25) is 24.8 Å². The quantitative estimate of drug-likeness (QED) is 0.0408. The van der Waals surface area contributed by atoms with E-state index in [0.717, 1.165) is 6.07 Å². The smallest absolute Gasteiger partial charge is 0.418 e. The Kier molecular flexibility index (Phi) is 17.3. The summed E-state index contributed by atoms with van der Waals surface area (Å²) in [7, 11) is 3.85. The van der Waals surface area contributed by atoms with E-state index in [1.54, 1.807) is 15.9 Å². The molecule has 0 radical (unpaired) electrons. The molecule has 3 heterocycles. The van der Waals surface area contributed by atoms with Crippen LogP contribution in [0, 0.1) is 20.2 Å². The number of benzene rings is 4. The number of aromatic carboxylic acids is 1. The van der Waals surface area contributed by atoms with Crippen LogP contribution in [-0.2, 0) is 16.9 Å². The topological polar surface area (TPSA) is 234 Å². The second kappa shape index (κ2) is 21.6. The number of imidazole rings is 1. The summed E-state index contributed by atoms with van der Waals surface area (Å²) in [6.45, 7) is 4.78. The van der Waals surface area contributed by atoms with Gasteiger partial charge in [-0.1, -0.05) is 0 Å². The van der Waals surface area contributed by atoms with Crippen LogP contribution in [0.25, 0.3) is 22.4 Å². The molecule has 0 aliphatic carbocycles. The number of non-ortho nitro benzene ring substituents is 2. The summed E-state index contributed by atoms with van der Waals surface area (Å²) in [4.78, 5) is 45.6. The zero-order chi connectivity index (χ0) is 48.6. The molecule has 27 heteroatoms. The van der Waals surface area contributed by atoms with Crippen LogP contribution in [-0.4, -0.2) is 107 Å². The molecule has 0 bridgehead atoms. The number of alkyl halides is 6. The minimum atomic E-state index is -4.57. The molecule has 0 spiro atoms. The Morgan fingerprint density at radius 1 is 0.708 bits per heavy atom. The molecule has 4 aromatic carbocycles. The Balaban J connectivity index is 0.000000221. The fraction of sp³-hybridized carbons (Fsp3) is 0.316. The van der Waals surface area contributed by atoms with Crippen molar-refractivity contribution in [2.24, 2.45) is 0 Å². The maximum atomic E-state index is 13.8. The molecule has 2 fully saturated rings. The van der Waals surface area contributed by atoms with Gasteiger partial charge in [0.15, 0.2) is 0 Å². The van der Waals surface area contributed by atoms with E-state index in [9.17, 15) is 55.9 Å². The number of nitro benzene ring substituents is 2. The molecule has 0 saturated carbocycles. The van der Waals surface area contributed by atoms with Crippen molar-refractivity contribution in [3.05, 3.63) is 110 Å². The fourth-order valence-electron chi connectivity index (χ4n) is 6.38. The number of H-pyrrole nitrogens is 1. The second-order valence-corrected chi connectivity index (χ2v) is 21.0. The Bertz CT molecular complexity index is 2540. The molecule has 5 aromatic rings. The van der Waals surface area contributed by atoms with Gasteiger partial charge in [0.1, 0.15) is 5.82 Å². The fourth-order valence-corrected chi connectivity index (χ4v) is 6.38. The van der Waals surface area contributed by atoms with Gasteiger partial charge in [0.25, 0.3) is 11.4 Å². The van der Waals surface area contributed by atoms with Crippen LogP contribution in [0.15, 0.2) is 72.8 Å². The van der Waals surface area contributed by atoms with Crippen molar-refractivity contribution in [2.75, 3.05) is 87.7 Å². The van der Waals surface area contributed by atoms with E-state index in [4.69, 9.17) is 16.6 Å². The van der Waals surface area contributed by atoms with Gasteiger partial charge in [-0.05, 0) is 96.3 Å². The molecule has 352 valence electrons. The van der Waals surface area contributed by atoms with E-state index in [2.05, 4.69) is 48.6 Å². The van der Waals surface area contributed by atoms with Gasteiger partial charge >= 0.3 is 23.5 Å². The number of carbonyl (C=O) groups is 1. The molecule has 2 saturated heterocycles. The molecule has 7 rings (SSSR count). The van der Waals surface area contributed by atoms with E-state index in [1.807, 2.05) is 19.0 Å². The van der Waals surface area contributed by atoms with Crippen LogP contribution in [0.3, 0.4) is 0 Å². The molecule has 17 nitrogen and oxygen atoms in total. The highest BCUT2D eigenvalue weighted by atomic mass is 36.0. The van der Waals surface area contributed by atoms with E-state index < -0.39 is 44.5 Å². The van der Waals surface area contributed by atoms with Crippen molar-refractivity contribution in [2.45, 2.75) is 12.4 Å². The molecule has 1 aromatic heterocycles. The zero-order valence-corrected chi connectivity index (χ0v) is 37.3. The number of hydrogen-bond acceptors (Lipinski definition) is 13. The molecule has 6 N–H and O–H groups in total. The Hall–Kier alpha value is -5.58. The monoisotopic (exact) mass is 998 g/mol. The summed E-state index contributed by atoms with van der Waals surface area (Å²) in [6, 6.07) is 15.4. The van der Waals surface area contributed by atoms with Gasteiger partial charge in [-0.2, -0.15) is 26.3 Å². The minimum absolute atomic E-state index is 0.0447. The summed E-state index contributed by atoms with van der Waals surface area (Å²) >= 11 is 13.8. The number of carboxylic acids is 1. The zero-order valence-electron chi connectivity index (χ0n) is 34.1. The third-order valence-electron chi connectivity index (χ3n) is 9.77. The van der Waals surface area contributed by atoms with Crippen molar-refractivity contribution >= 4 is 90.0 Å². The van der Waals surface area contributed by atoms with E-state index in [0.29, 0.717) is 75.1 Å². The largest absolute Gasteiger partial charge is 0.478 e. The molecule has 2 aliphatic heterocycles. The molecular formula is C38H40Cl3F6N10O7P. The number of nitro groups is 2. The van der Waals surface area contributed by atoms with Gasteiger partial charge in [0, 0.05) is 93.6 Å². The van der Waals surface area contributed by atoms with Gasteiger partial charge < -0.3 is 41.2 Å². The Morgan fingerprint density at radius 2 is 1.15 bits per heavy atom. The highest BCUT2D eigenvalue weighted by Crippen LogP contribution is 2.61. The highest BCUT2D eigenvalue weighted by molar-refractivity contribution is 8.24. The number of aromatic nitrogens is 2. The summed E-state index contributed by atoms with van der Waals surface area (Å²) < 4.78 is 90.1. The maximum absolute atomic E-state index is 13.8. The number of anilines is 4. The van der Waals surface area contributed by atoms with Crippen molar-refractivity contribution in [1.29, 1.82) is 0 Å². The summed E-state index contributed by atoms with van der Waals surface area (Å²) in [6.07, 6.45) is -9.08. The first kappa shape index (κ1) is 52.0. The van der Waals surface area contributed by atoms with Crippen molar-refractivity contribution in [3.63, 3.8) is 0 Å². The van der Waals surface area contributed by atoms with Crippen LogP contribution in [0.1, 0.15) is 21.5 Å². The lowest BCUT2D eigenvalue weighted by atomic mass is 10.1. The van der Waals surface area contributed by atoms with Gasteiger partial charge in [-0.25, -0.2) is 9.78 Å². The number of nitrogen functional groups attached to an aromatic ring is 2. The molecular weight excluding hydrogens is 960 g/mol. The number of fused-ring (bicyclic) bond motifs is 1. The first-order valence-corrected chi connectivity index (χ1v) is 23.2. The molecule has 65 heavy (non-hydrogen) atoms. The highest BCUT2D eigenvalue weighted by Gasteiger charge is 2.37. The molecule has 0 unspecified atom stereocenters. The van der Waals surface area contributed by atoms with Gasteiger partial charge in [0.05, 0.1) is 48.9 Å². The van der Waals surface area contributed by atoms with Crippen molar-refractivity contribution < 1.29 is 50.7 Å². The lowest BCUT2D eigenvalue weighted by Gasteiger charge is -2.35. The standard InChI is InChI=1S/C19H18F3N5O2.C13H15F3N2O2.C6H7N3O2.Cl3OP/c1-25-6-8-26(9-7-25)17-5-2-12(10-14(17)19(20,21)22)18-23-15-4-3-13(27(28)29)11-16(15)24-18;1-17-4-6-18(7-5-17)11-3-2-9(12(19)20)8-10(11)13(14,15)16;7-5-2-1-4(9(10)11)3-6(5)8;1-5(2,3)4/h2-5,10-11H,6-9H2,1H3,(H,23,24);2-3,8H,4-7H2,1H3,(H,19,20);1-3H,7-8H2;. The van der Waals surface area contributed by atoms with Crippen LogP contribution in [0.2, 0.25) is 0 Å². The van der Waals surface area contributed by atoms with E-state index >= 15 is 0 Å². The lowest BCUT2D eigenvalue weighted by Crippen LogP contribution is -2.45. The predicted octanol–water partition coefficient (Wildman–Crippen LogP) is 9.63. The number of aromatic amines is 1. The Morgan fingerprint density at radius 3 is 1.60 bits per heavy atom.